The summed E-state index contributed by atoms with van der Waals surface area (Å²) in [4.78, 5) is 29.1. The monoisotopic (exact) mass is 482 g/mol. The van der Waals surface area contributed by atoms with Crippen LogP contribution in [0.25, 0.3) is 0 Å². The molecule has 0 bridgehead atoms. The van der Waals surface area contributed by atoms with Crippen molar-refractivity contribution in [1.29, 1.82) is 0 Å². The highest BCUT2D eigenvalue weighted by molar-refractivity contribution is 8.77. The standard InChI is InChI=1S/C22H30N2O6S2/c1-13-9-16-20(26)24(21(27)30-7-8-31-32-22(2,3)4)15-11-18(29-6)17(28-5)10-14(15)19(25)23(16)12-13/h10-11,16,20,26H,1,7-9,12H2,2-6H3/t16-,20?/m0/s1. The molecule has 1 aromatic rings. The molecule has 32 heavy (non-hydrogen) atoms. The van der Waals surface area contributed by atoms with Gasteiger partial charge < -0.3 is 24.2 Å². The molecule has 3 rings (SSSR count). The zero-order chi connectivity index (χ0) is 23.6. The molecule has 1 aromatic carbocycles. The number of methoxy groups -OCH3 is 2. The molecule has 2 heterocycles. The number of amides is 2. The Morgan fingerprint density at radius 2 is 1.91 bits per heavy atom. The predicted molar refractivity (Wildman–Crippen MR) is 128 cm³/mol. The van der Waals surface area contributed by atoms with Crippen molar-refractivity contribution in [3.63, 3.8) is 0 Å². The van der Waals surface area contributed by atoms with E-state index in [1.807, 2.05) is 0 Å². The van der Waals surface area contributed by atoms with Crippen LogP contribution < -0.4 is 14.4 Å². The van der Waals surface area contributed by atoms with Crippen LogP contribution in [0.15, 0.2) is 24.3 Å². The largest absolute Gasteiger partial charge is 0.493 e. The third kappa shape index (κ3) is 5.13. The smallest absolute Gasteiger partial charge is 0.416 e. The van der Waals surface area contributed by atoms with Crippen LogP contribution >= 0.6 is 21.6 Å². The highest BCUT2D eigenvalue weighted by Gasteiger charge is 2.46. The van der Waals surface area contributed by atoms with E-state index in [9.17, 15) is 14.7 Å². The zero-order valence-corrected chi connectivity index (χ0v) is 20.7. The molecule has 10 heteroatoms. The fourth-order valence-corrected chi connectivity index (χ4v) is 5.79. The number of nitrogens with zero attached hydrogens (tertiary/aromatic N) is 2. The molecule has 1 unspecified atom stereocenters. The molecule has 0 aromatic heterocycles. The number of rotatable bonds is 6. The Labute approximate surface area is 196 Å². The number of benzene rings is 1. The van der Waals surface area contributed by atoms with E-state index in [2.05, 4.69) is 27.4 Å². The molecule has 0 aliphatic carbocycles. The van der Waals surface area contributed by atoms with Gasteiger partial charge in [-0.3, -0.25) is 4.79 Å². The molecule has 2 atom stereocenters. The molecular weight excluding hydrogens is 452 g/mol. The minimum Gasteiger partial charge on any atom is -0.493 e. The third-order valence-corrected chi connectivity index (χ3v) is 8.36. The third-order valence-electron chi connectivity index (χ3n) is 5.05. The second-order valence-electron chi connectivity index (χ2n) is 8.59. The van der Waals surface area contributed by atoms with Crippen LogP contribution in [-0.2, 0) is 4.74 Å². The molecule has 2 aliphatic rings. The Morgan fingerprint density at radius 3 is 2.53 bits per heavy atom. The van der Waals surface area contributed by atoms with E-state index >= 15 is 0 Å². The molecular formula is C22H30N2O6S2. The molecule has 1 fully saturated rings. The number of anilines is 1. The lowest BCUT2D eigenvalue weighted by molar-refractivity contribution is 0.0493. The average Bonchev–Trinajstić information content (AvgIpc) is 3.10. The van der Waals surface area contributed by atoms with Crippen molar-refractivity contribution in [3.8, 4) is 11.5 Å². The Morgan fingerprint density at radius 1 is 1.25 bits per heavy atom. The molecule has 0 spiro atoms. The maximum atomic E-state index is 13.3. The summed E-state index contributed by atoms with van der Waals surface area (Å²) in [5.74, 6) is 0.986. The summed E-state index contributed by atoms with van der Waals surface area (Å²) in [5.41, 5.74) is 1.27. The number of carbonyl (C=O) groups is 2. The van der Waals surface area contributed by atoms with E-state index in [-0.39, 0.29) is 28.5 Å². The van der Waals surface area contributed by atoms with Gasteiger partial charge in [-0.05, 0) is 12.5 Å². The van der Waals surface area contributed by atoms with Gasteiger partial charge in [0.05, 0.1) is 31.5 Å². The number of carbonyl (C=O) groups excluding carboxylic acids is 2. The van der Waals surface area contributed by atoms with Crippen LogP contribution in [0.4, 0.5) is 10.5 Å². The fraction of sp³-hybridized carbons (Fsp3) is 0.545. The molecule has 176 valence electrons. The van der Waals surface area contributed by atoms with Gasteiger partial charge in [0.2, 0.25) is 0 Å². The van der Waals surface area contributed by atoms with Crippen LogP contribution in [0.3, 0.4) is 0 Å². The van der Waals surface area contributed by atoms with Crippen LogP contribution in [0, 0.1) is 0 Å². The summed E-state index contributed by atoms with van der Waals surface area (Å²) in [6.07, 6.45) is -1.61. The summed E-state index contributed by atoms with van der Waals surface area (Å²) in [5, 5.41) is 11.2. The molecule has 0 radical (unpaired) electrons. The van der Waals surface area contributed by atoms with Gasteiger partial charge in [0.15, 0.2) is 17.7 Å². The number of ether oxygens (including phenoxy) is 3. The van der Waals surface area contributed by atoms with Gasteiger partial charge in [0.1, 0.15) is 6.61 Å². The molecule has 8 nitrogen and oxygen atoms in total. The van der Waals surface area contributed by atoms with Crippen molar-refractivity contribution in [3.05, 3.63) is 29.8 Å². The zero-order valence-electron chi connectivity index (χ0n) is 19.0. The van der Waals surface area contributed by atoms with Crippen LogP contribution in [0.2, 0.25) is 0 Å². The van der Waals surface area contributed by atoms with E-state index in [1.165, 1.54) is 26.4 Å². The Bertz CT molecular complexity index is 901. The lowest BCUT2D eigenvalue weighted by Crippen LogP contribution is -2.51. The topological polar surface area (TPSA) is 88.5 Å². The summed E-state index contributed by atoms with van der Waals surface area (Å²) in [7, 11) is 6.26. The number of aliphatic hydroxyl groups is 1. The van der Waals surface area contributed by atoms with Gasteiger partial charge in [-0.15, -0.1) is 0 Å². The maximum absolute atomic E-state index is 13.3. The summed E-state index contributed by atoms with van der Waals surface area (Å²) < 4.78 is 16.3. The molecule has 2 amide bonds. The minimum absolute atomic E-state index is 0.0961. The van der Waals surface area contributed by atoms with Crippen molar-refractivity contribution < 1.29 is 28.9 Å². The normalized spacial score (nSPS) is 20.6. The first kappa shape index (κ1) is 24.6. The average molecular weight is 483 g/mol. The van der Waals surface area contributed by atoms with Gasteiger partial charge in [0.25, 0.3) is 5.91 Å². The van der Waals surface area contributed by atoms with Gasteiger partial charge in [-0.2, -0.15) is 0 Å². The number of hydrogen-bond acceptors (Lipinski definition) is 8. The predicted octanol–water partition coefficient (Wildman–Crippen LogP) is 3.93. The van der Waals surface area contributed by atoms with Gasteiger partial charge >= 0.3 is 6.09 Å². The Balaban J connectivity index is 1.91. The molecule has 0 saturated carbocycles. The molecule has 2 aliphatic heterocycles. The Kier molecular flexibility index (Phi) is 7.57. The number of hydrogen-bond donors (Lipinski definition) is 1. The summed E-state index contributed by atoms with van der Waals surface area (Å²) in [6.45, 7) is 10.8. The summed E-state index contributed by atoms with van der Waals surface area (Å²) >= 11 is 0. The van der Waals surface area contributed by atoms with E-state index < -0.39 is 18.4 Å². The van der Waals surface area contributed by atoms with Gasteiger partial charge in [0, 0.05) is 23.1 Å². The minimum atomic E-state index is -1.29. The first-order chi connectivity index (χ1) is 15.1. The molecule has 1 saturated heterocycles. The van der Waals surface area contributed by atoms with Gasteiger partial charge in [-0.25, -0.2) is 9.69 Å². The maximum Gasteiger partial charge on any atom is 0.416 e. The number of aliphatic hydroxyl groups excluding tert-OH is 1. The van der Waals surface area contributed by atoms with Crippen molar-refractivity contribution in [2.24, 2.45) is 0 Å². The van der Waals surface area contributed by atoms with Crippen molar-refractivity contribution in [2.45, 2.75) is 44.2 Å². The first-order valence-electron chi connectivity index (χ1n) is 10.3. The quantitative estimate of drug-likeness (QED) is 0.371. The lowest BCUT2D eigenvalue weighted by Gasteiger charge is -2.31. The van der Waals surface area contributed by atoms with Crippen LogP contribution in [0.5, 0.6) is 11.5 Å². The fourth-order valence-electron chi connectivity index (χ4n) is 3.68. The second-order valence-corrected chi connectivity index (χ2v) is 11.8. The van der Waals surface area contributed by atoms with Crippen molar-refractivity contribution >= 4 is 39.3 Å². The van der Waals surface area contributed by atoms with E-state index in [1.54, 1.807) is 26.5 Å². The lowest BCUT2D eigenvalue weighted by atomic mass is 10.1. The Hall–Kier alpha value is -2.04. The van der Waals surface area contributed by atoms with Crippen LogP contribution in [0.1, 0.15) is 37.6 Å². The van der Waals surface area contributed by atoms with E-state index in [4.69, 9.17) is 14.2 Å². The first-order valence-corrected chi connectivity index (χ1v) is 12.6. The van der Waals surface area contributed by atoms with Crippen LogP contribution in [-0.4, -0.2) is 72.1 Å². The van der Waals surface area contributed by atoms with E-state index in [0.29, 0.717) is 30.2 Å². The highest BCUT2D eigenvalue weighted by atomic mass is 33.1. The van der Waals surface area contributed by atoms with Crippen molar-refractivity contribution in [2.75, 3.05) is 38.0 Å². The molecule has 1 N–H and O–H groups in total. The summed E-state index contributed by atoms with van der Waals surface area (Å²) in [6, 6.07) is 2.44. The highest BCUT2D eigenvalue weighted by Crippen LogP contribution is 2.41. The second kappa shape index (κ2) is 9.84. The SMILES string of the molecule is C=C1C[C@H]2C(O)N(C(=O)OCCSSC(C)(C)C)c3cc(OC)c(OC)cc3C(=O)N2C1. The number of fused-ring (bicyclic) bond motifs is 2. The van der Waals surface area contributed by atoms with Gasteiger partial charge in [-0.1, -0.05) is 54.5 Å². The van der Waals surface area contributed by atoms with Crippen molar-refractivity contribution in [1.82, 2.24) is 4.90 Å². The van der Waals surface area contributed by atoms with E-state index in [0.717, 1.165) is 10.5 Å².